The molecule has 1 fully saturated rings. The molecule has 1 aliphatic rings. The summed E-state index contributed by atoms with van der Waals surface area (Å²) < 4.78 is 0. The first-order valence-corrected chi connectivity index (χ1v) is 8.21. The molecule has 1 unspecified atom stereocenters. The highest BCUT2D eigenvalue weighted by Crippen LogP contribution is 2.31. The van der Waals surface area contributed by atoms with Crippen LogP contribution < -0.4 is 5.32 Å². The molecule has 0 aliphatic carbocycles. The number of carbonyl (C=O) groups is 1. The zero-order valence-electron chi connectivity index (χ0n) is 12.7. The standard InChI is InChI=1S/C16H23NO2S.ClH/c1-10(2)8-12-4-6-13(7-5-12)11(3)15-17-14(9-20-15)16(18)19;/h4-7,10-11,14-15,17H,8-9H2,1-3H3,(H,18,19);1H/t11-,14+,15?;/m1./s1. The van der Waals surface area contributed by atoms with E-state index in [0.29, 0.717) is 17.6 Å². The van der Waals surface area contributed by atoms with Crippen LogP contribution in [0.1, 0.15) is 37.8 Å². The maximum Gasteiger partial charge on any atom is 0.321 e. The van der Waals surface area contributed by atoms with Crippen LogP contribution in [0.5, 0.6) is 0 Å². The summed E-state index contributed by atoms with van der Waals surface area (Å²) in [6.45, 7) is 6.61. The lowest BCUT2D eigenvalue weighted by Gasteiger charge is -2.20. The Morgan fingerprint density at radius 3 is 2.43 bits per heavy atom. The van der Waals surface area contributed by atoms with Gasteiger partial charge >= 0.3 is 5.97 Å². The second kappa shape index (κ2) is 8.06. The van der Waals surface area contributed by atoms with Gasteiger partial charge < -0.3 is 5.11 Å². The van der Waals surface area contributed by atoms with Gasteiger partial charge in [0.15, 0.2) is 0 Å². The molecule has 0 saturated carbocycles. The van der Waals surface area contributed by atoms with Gasteiger partial charge in [-0.1, -0.05) is 45.0 Å². The number of thioether (sulfide) groups is 1. The lowest BCUT2D eigenvalue weighted by Crippen LogP contribution is -2.38. The molecule has 0 aromatic heterocycles. The number of carboxylic acid groups (broad SMARTS) is 1. The van der Waals surface area contributed by atoms with E-state index < -0.39 is 12.0 Å². The molecule has 1 saturated heterocycles. The molecule has 2 N–H and O–H groups in total. The van der Waals surface area contributed by atoms with Crippen LogP contribution in [-0.2, 0) is 11.2 Å². The molecule has 1 aromatic rings. The number of benzene rings is 1. The van der Waals surface area contributed by atoms with Crippen LogP contribution in [-0.4, -0.2) is 28.2 Å². The van der Waals surface area contributed by atoms with Crippen molar-refractivity contribution < 1.29 is 9.90 Å². The molecule has 118 valence electrons. The smallest absolute Gasteiger partial charge is 0.321 e. The van der Waals surface area contributed by atoms with Crippen molar-refractivity contribution in [3.63, 3.8) is 0 Å². The van der Waals surface area contributed by atoms with Gasteiger partial charge in [-0.2, -0.15) is 0 Å². The Bertz CT molecular complexity index is 464. The predicted octanol–water partition coefficient (Wildman–Crippen LogP) is 3.53. The Kier molecular flexibility index (Phi) is 7.04. The summed E-state index contributed by atoms with van der Waals surface area (Å²) >= 11 is 1.70. The molecule has 21 heavy (non-hydrogen) atoms. The largest absolute Gasteiger partial charge is 0.480 e. The number of hydrogen-bond donors (Lipinski definition) is 2. The van der Waals surface area contributed by atoms with Crippen LogP contribution in [0.4, 0.5) is 0 Å². The summed E-state index contributed by atoms with van der Waals surface area (Å²) in [5.41, 5.74) is 2.64. The molecule has 0 bridgehead atoms. The summed E-state index contributed by atoms with van der Waals surface area (Å²) in [7, 11) is 0. The highest BCUT2D eigenvalue weighted by atomic mass is 35.5. The van der Waals surface area contributed by atoms with Gasteiger partial charge in [0.2, 0.25) is 0 Å². The molecule has 1 heterocycles. The second-order valence-corrected chi connectivity index (χ2v) is 7.11. The van der Waals surface area contributed by atoms with Crippen molar-refractivity contribution in [2.75, 3.05) is 5.75 Å². The van der Waals surface area contributed by atoms with Crippen LogP contribution in [0.15, 0.2) is 24.3 Å². The van der Waals surface area contributed by atoms with E-state index in [9.17, 15) is 4.79 Å². The third kappa shape index (κ3) is 4.90. The van der Waals surface area contributed by atoms with Gasteiger partial charge in [-0.05, 0) is 23.5 Å². The maximum absolute atomic E-state index is 11.0. The average molecular weight is 330 g/mol. The number of carboxylic acids is 1. The van der Waals surface area contributed by atoms with E-state index in [-0.39, 0.29) is 17.8 Å². The molecule has 1 aliphatic heterocycles. The van der Waals surface area contributed by atoms with Crippen LogP contribution >= 0.6 is 24.2 Å². The number of halogens is 1. The number of aliphatic carboxylic acids is 1. The molecular weight excluding hydrogens is 306 g/mol. The minimum Gasteiger partial charge on any atom is -0.480 e. The topological polar surface area (TPSA) is 49.3 Å². The van der Waals surface area contributed by atoms with Crippen LogP contribution in [0.3, 0.4) is 0 Å². The third-order valence-electron chi connectivity index (χ3n) is 3.71. The van der Waals surface area contributed by atoms with E-state index in [1.54, 1.807) is 11.8 Å². The minimum atomic E-state index is -0.750. The van der Waals surface area contributed by atoms with Crippen molar-refractivity contribution in [1.82, 2.24) is 5.32 Å². The third-order valence-corrected chi connectivity index (χ3v) is 5.14. The van der Waals surface area contributed by atoms with Crippen LogP contribution in [0, 0.1) is 5.92 Å². The van der Waals surface area contributed by atoms with Gasteiger partial charge in [0.05, 0.1) is 5.37 Å². The predicted molar refractivity (Wildman–Crippen MR) is 91.5 cm³/mol. The summed E-state index contributed by atoms with van der Waals surface area (Å²) in [4.78, 5) is 11.0. The summed E-state index contributed by atoms with van der Waals surface area (Å²) in [5.74, 6) is 0.883. The van der Waals surface area contributed by atoms with E-state index in [1.807, 2.05) is 0 Å². The van der Waals surface area contributed by atoms with Crippen molar-refractivity contribution in [1.29, 1.82) is 0 Å². The van der Waals surface area contributed by atoms with Crippen LogP contribution in [0.25, 0.3) is 0 Å². The van der Waals surface area contributed by atoms with E-state index in [0.717, 1.165) is 6.42 Å². The number of hydrogen-bond acceptors (Lipinski definition) is 3. The van der Waals surface area contributed by atoms with Gasteiger partial charge in [-0.3, -0.25) is 10.1 Å². The maximum atomic E-state index is 11.0. The molecule has 0 spiro atoms. The zero-order valence-corrected chi connectivity index (χ0v) is 14.3. The summed E-state index contributed by atoms with van der Waals surface area (Å²) in [6, 6.07) is 8.34. The summed E-state index contributed by atoms with van der Waals surface area (Å²) in [6.07, 6.45) is 1.10. The molecule has 3 nitrogen and oxygen atoms in total. The Balaban J connectivity index is 0.00000220. The quantitative estimate of drug-likeness (QED) is 0.867. The number of rotatable bonds is 5. The molecule has 0 amide bonds. The molecule has 1 aromatic carbocycles. The van der Waals surface area contributed by atoms with Gasteiger partial charge in [0.1, 0.15) is 6.04 Å². The highest BCUT2D eigenvalue weighted by Gasteiger charge is 2.32. The fourth-order valence-corrected chi connectivity index (χ4v) is 3.87. The van der Waals surface area contributed by atoms with Crippen molar-refractivity contribution >= 4 is 30.1 Å². The van der Waals surface area contributed by atoms with Crippen molar-refractivity contribution in [2.45, 2.75) is 44.5 Å². The lowest BCUT2D eigenvalue weighted by atomic mass is 9.96. The van der Waals surface area contributed by atoms with Gasteiger partial charge in [0.25, 0.3) is 0 Å². The Labute approximate surface area is 137 Å². The van der Waals surface area contributed by atoms with Crippen molar-refractivity contribution in [3.8, 4) is 0 Å². The molecule has 5 heteroatoms. The van der Waals surface area contributed by atoms with E-state index in [1.165, 1.54) is 11.1 Å². The second-order valence-electron chi connectivity index (χ2n) is 5.94. The van der Waals surface area contributed by atoms with Crippen molar-refractivity contribution in [2.24, 2.45) is 5.92 Å². The fraction of sp³-hybridized carbons (Fsp3) is 0.562. The lowest BCUT2D eigenvalue weighted by molar-refractivity contribution is -0.138. The molecule has 0 radical (unpaired) electrons. The van der Waals surface area contributed by atoms with Gasteiger partial charge in [-0.25, -0.2) is 0 Å². The first-order chi connectivity index (χ1) is 9.47. The average Bonchev–Trinajstić information content (AvgIpc) is 2.88. The molecular formula is C16H24ClNO2S. The SMILES string of the molecule is CC(C)Cc1ccc([C@@H](C)C2N[C@H](C(=O)O)CS2)cc1.Cl. The Morgan fingerprint density at radius 1 is 1.33 bits per heavy atom. The monoisotopic (exact) mass is 329 g/mol. The zero-order chi connectivity index (χ0) is 14.7. The minimum absolute atomic E-state index is 0. The first-order valence-electron chi connectivity index (χ1n) is 7.16. The van der Waals surface area contributed by atoms with E-state index >= 15 is 0 Å². The molecule has 3 atom stereocenters. The van der Waals surface area contributed by atoms with Gasteiger partial charge in [0, 0.05) is 11.7 Å². The highest BCUT2D eigenvalue weighted by molar-refractivity contribution is 8.00. The van der Waals surface area contributed by atoms with Crippen LogP contribution in [0.2, 0.25) is 0 Å². The Hall–Kier alpha value is -0.710. The fourth-order valence-electron chi connectivity index (χ4n) is 2.53. The van der Waals surface area contributed by atoms with Crippen molar-refractivity contribution in [3.05, 3.63) is 35.4 Å². The molecule has 2 rings (SSSR count). The number of nitrogens with one attached hydrogen (secondary N) is 1. The summed E-state index contributed by atoms with van der Waals surface area (Å²) in [5, 5.41) is 12.4. The van der Waals surface area contributed by atoms with E-state index in [2.05, 4.69) is 50.4 Å². The normalized spacial score (nSPS) is 22.9. The first kappa shape index (κ1) is 18.3. The van der Waals surface area contributed by atoms with E-state index in [4.69, 9.17) is 5.11 Å². The Morgan fingerprint density at radius 2 is 1.95 bits per heavy atom. The van der Waals surface area contributed by atoms with Gasteiger partial charge in [-0.15, -0.1) is 24.2 Å².